The van der Waals surface area contributed by atoms with Gasteiger partial charge < -0.3 is 4.57 Å². The van der Waals surface area contributed by atoms with Crippen LogP contribution in [-0.4, -0.2) is 10.3 Å². The van der Waals surface area contributed by atoms with Gasteiger partial charge in [0.1, 0.15) is 0 Å². The quantitative estimate of drug-likeness (QED) is 0.826. The van der Waals surface area contributed by atoms with Crippen LogP contribution in [0.3, 0.4) is 0 Å². The van der Waals surface area contributed by atoms with E-state index in [1.54, 1.807) is 0 Å². The second-order valence-corrected chi connectivity index (χ2v) is 6.44. The first-order valence-corrected chi connectivity index (χ1v) is 7.31. The molecule has 1 fully saturated rings. The predicted molar refractivity (Wildman–Crippen MR) is 72.8 cm³/mol. The normalized spacial score (nSPS) is 19.2. The van der Waals surface area contributed by atoms with E-state index < -0.39 is 0 Å². The second kappa shape index (κ2) is 4.57. The Labute approximate surface area is 106 Å². The molecule has 1 aliphatic carbocycles. The van der Waals surface area contributed by atoms with Gasteiger partial charge in [0, 0.05) is 17.1 Å². The van der Waals surface area contributed by atoms with E-state index in [-0.39, 0.29) is 10.3 Å². The minimum Gasteiger partial charge on any atom is -0.302 e. The summed E-state index contributed by atoms with van der Waals surface area (Å²) in [4.78, 5) is 13.2. The third-order valence-corrected chi connectivity index (χ3v) is 5.54. The number of aromatic nitrogens is 1. The highest BCUT2D eigenvalue weighted by Gasteiger charge is 2.33. The third-order valence-electron chi connectivity index (χ3n) is 3.87. The molecule has 0 amide bonds. The minimum absolute atomic E-state index is 0.197. The fourth-order valence-corrected chi connectivity index (χ4v) is 3.84. The topological polar surface area (TPSA) is 22.0 Å². The van der Waals surface area contributed by atoms with E-state index in [1.807, 2.05) is 11.5 Å². The summed E-state index contributed by atoms with van der Waals surface area (Å²) in [6, 6.07) is 0. The van der Waals surface area contributed by atoms with Crippen LogP contribution in [0.25, 0.3) is 0 Å². The highest BCUT2D eigenvalue weighted by atomic mass is 32.1. The molecular weight excluding hydrogens is 238 g/mol. The van der Waals surface area contributed by atoms with Gasteiger partial charge in [-0.15, -0.1) is 0 Å². The highest BCUT2D eigenvalue weighted by Crippen LogP contribution is 2.40. The van der Waals surface area contributed by atoms with Gasteiger partial charge in [0.25, 0.3) is 0 Å². The molecule has 0 radical (unpaired) electrons. The first kappa shape index (κ1) is 12.2. The number of thiol groups is 1. The summed E-state index contributed by atoms with van der Waals surface area (Å²) >= 11 is 5.87. The molecule has 4 heteroatoms. The van der Waals surface area contributed by atoms with Crippen molar-refractivity contribution in [2.24, 2.45) is 5.41 Å². The van der Waals surface area contributed by atoms with Crippen molar-refractivity contribution in [3.8, 4) is 0 Å². The summed E-state index contributed by atoms with van der Waals surface area (Å²) in [7, 11) is 0. The van der Waals surface area contributed by atoms with Crippen molar-refractivity contribution >= 4 is 24.0 Å². The molecule has 1 aliphatic rings. The molecule has 0 unspecified atom stereocenters. The number of hydrogen-bond acceptors (Lipinski definition) is 3. The zero-order valence-electron chi connectivity index (χ0n) is 9.95. The van der Waals surface area contributed by atoms with Gasteiger partial charge >= 0.3 is 4.87 Å². The lowest BCUT2D eigenvalue weighted by Gasteiger charge is -2.27. The Morgan fingerprint density at radius 1 is 1.38 bits per heavy atom. The maximum absolute atomic E-state index is 11.9. The van der Waals surface area contributed by atoms with Gasteiger partial charge in [0.05, 0.1) is 0 Å². The molecule has 0 saturated heterocycles. The van der Waals surface area contributed by atoms with Gasteiger partial charge in [-0.2, -0.15) is 12.6 Å². The molecule has 0 spiro atoms. The van der Waals surface area contributed by atoms with Gasteiger partial charge in [-0.05, 0) is 37.9 Å². The van der Waals surface area contributed by atoms with Crippen LogP contribution in [0, 0.1) is 19.3 Å². The maximum Gasteiger partial charge on any atom is 0.307 e. The van der Waals surface area contributed by atoms with E-state index in [1.165, 1.54) is 37.0 Å². The van der Waals surface area contributed by atoms with E-state index in [0.717, 1.165) is 22.9 Å². The van der Waals surface area contributed by atoms with Crippen molar-refractivity contribution < 1.29 is 0 Å². The molecule has 1 aromatic rings. The van der Waals surface area contributed by atoms with Crippen LogP contribution < -0.4 is 4.87 Å². The molecule has 0 bridgehead atoms. The summed E-state index contributed by atoms with van der Waals surface area (Å²) in [5.74, 6) is 0.897. The summed E-state index contributed by atoms with van der Waals surface area (Å²) < 4.78 is 1.96. The fourth-order valence-electron chi connectivity index (χ4n) is 2.60. The van der Waals surface area contributed by atoms with Crippen molar-refractivity contribution in [3.63, 3.8) is 0 Å². The summed E-state index contributed by atoms with van der Waals surface area (Å²) in [6.45, 7) is 4.94. The first-order valence-electron chi connectivity index (χ1n) is 5.86. The fraction of sp³-hybridized carbons (Fsp3) is 0.750. The van der Waals surface area contributed by atoms with Crippen LogP contribution in [0.5, 0.6) is 0 Å². The summed E-state index contributed by atoms with van der Waals surface area (Å²) in [6.07, 6.45) is 5.02. The van der Waals surface area contributed by atoms with Gasteiger partial charge in [-0.3, -0.25) is 4.79 Å². The molecule has 1 aromatic heterocycles. The lowest BCUT2D eigenvalue weighted by molar-refractivity contribution is 0.286. The number of thiazole rings is 1. The molecule has 0 N–H and O–H groups in total. The molecule has 1 saturated carbocycles. The number of rotatable bonds is 3. The van der Waals surface area contributed by atoms with E-state index in [0.29, 0.717) is 0 Å². The maximum atomic E-state index is 11.9. The van der Waals surface area contributed by atoms with Crippen LogP contribution in [-0.2, 0) is 6.54 Å². The first-order chi connectivity index (χ1) is 7.58. The third kappa shape index (κ3) is 2.09. The molecule has 2 nitrogen and oxygen atoms in total. The largest absolute Gasteiger partial charge is 0.307 e. The minimum atomic E-state index is 0.197. The summed E-state index contributed by atoms with van der Waals surface area (Å²) in [5.41, 5.74) is 1.41. The Kier molecular flexibility index (Phi) is 3.50. The molecular formula is C12H19NOS2. The Balaban J connectivity index is 2.29. The van der Waals surface area contributed by atoms with Crippen molar-refractivity contribution in [2.75, 3.05) is 5.75 Å². The van der Waals surface area contributed by atoms with Gasteiger partial charge in [-0.25, -0.2) is 0 Å². The molecule has 0 atom stereocenters. The van der Waals surface area contributed by atoms with Crippen molar-refractivity contribution in [3.05, 3.63) is 20.2 Å². The lowest BCUT2D eigenvalue weighted by Crippen LogP contribution is -2.30. The number of hydrogen-bond donors (Lipinski definition) is 1. The van der Waals surface area contributed by atoms with Crippen molar-refractivity contribution in [1.29, 1.82) is 0 Å². The van der Waals surface area contributed by atoms with Crippen LogP contribution >= 0.6 is 24.0 Å². The lowest BCUT2D eigenvalue weighted by atomic mass is 9.88. The molecule has 0 aromatic carbocycles. The predicted octanol–water partition coefficient (Wildman–Crippen LogP) is 3.02. The van der Waals surface area contributed by atoms with E-state index in [4.69, 9.17) is 0 Å². The molecule has 90 valence electrons. The van der Waals surface area contributed by atoms with Crippen molar-refractivity contribution in [2.45, 2.75) is 46.1 Å². The Morgan fingerprint density at radius 2 is 2.00 bits per heavy atom. The molecule has 16 heavy (non-hydrogen) atoms. The van der Waals surface area contributed by atoms with Crippen LogP contribution in [0.15, 0.2) is 4.79 Å². The smallest absolute Gasteiger partial charge is 0.302 e. The monoisotopic (exact) mass is 257 g/mol. The molecule has 2 rings (SSSR count). The number of nitrogens with zero attached hydrogens (tertiary/aromatic N) is 1. The highest BCUT2D eigenvalue weighted by molar-refractivity contribution is 7.80. The average molecular weight is 257 g/mol. The molecule has 0 aliphatic heterocycles. The SMILES string of the molecule is Cc1sc(=O)n(CC2(CS)CCCC2)c1C. The Bertz CT molecular complexity index is 427. The second-order valence-electron chi connectivity index (χ2n) is 4.96. The van der Waals surface area contributed by atoms with Gasteiger partial charge in [-0.1, -0.05) is 24.2 Å². The van der Waals surface area contributed by atoms with Gasteiger partial charge in [0.15, 0.2) is 0 Å². The zero-order chi connectivity index (χ0) is 11.8. The van der Waals surface area contributed by atoms with E-state index >= 15 is 0 Å². The van der Waals surface area contributed by atoms with Crippen molar-refractivity contribution in [1.82, 2.24) is 4.57 Å². The van der Waals surface area contributed by atoms with Crippen LogP contribution in [0.2, 0.25) is 0 Å². The molecule has 1 heterocycles. The van der Waals surface area contributed by atoms with E-state index in [2.05, 4.69) is 19.6 Å². The van der Waals surface area contributed by atoms with Gasteiger partial charge in [0.2, 0.25) is 0 Å². The summed E-state index contributed by atoms with van der Waals surface area (Å²) in [5, 5.41) is 0. The van der Waals surface area contributed by atoms with Crippen LogP contribution in [0.1, 0.15) is 36.3 Å². The average Bonchev–Trinajstić information content (AvgIpc) is 2.81. The van der Waals surface area contributed by atoms with Crippen LogP contribution in [0.4, 0.5) is 0 Å². The number of aryl methyl sites for hydroxylation is 1. The zero-order valence-corrected chi connectivity index (χ0v) is 11.7. The Morgan fingerprint density at radius 3 is 2.44 bits per heavy atom. The standard InChI is InChI=1S/C12H19NOS2/c1-9-10(2)16-11(14)13(9)7-12(8-15)5-3-4-6-12/h15H,3-8H2,1-2H3. The Hall–Kier alpha value is -0.220. The van der Waals surface area contributed by atoms with E-state index in [9.17, 15) is 4.79 Å².